The van der Waals surface area contributed by atoms with Crippen molar-refractivity contribution < 1.29 is 0 Å². The minimum atomic E-state index is 0.502. The number of rotatable bonds is 3. The molecule has 14 heavy (non-hydrogen) atoms. The van der Waals surface area contributed by atoms with Crippen LogP contribution in [0.1, 0.15) is 24.6 Å². The Labute approximate surface area is 89.4 Å². The average molecular weight is 206 g/mol. The molecule has 1 heterocycles. The number of nitrogens with zero attached hydrogens (tertiary/aromatic N) is 1. The molecule has 1 aromatic rings. The normalized spacial score (nSPS) is 10.1. The third-order valence-electron chi connectivity index (χ3n) is 1.69. The molecule has 0 atom stereocenters. The van der Waals surface area contributed by atoms with Crippen molar-refractivity contribution in [3.8, 4) is 0 Å². The highest BCUT2D eigenvalue weighted by molar-refractivity contribution is 6.29. The van der Waals surface area contributed by atoms with Crippen molar-refractivity contribution in [3.63, 3.8) is 0 Å². The monoisotopic (exact) mass is 205 g/mol. The van der Waals surface area contributed by atoms with E-state index in [1.165, 1.54) is 0 Å². The van der Waals surface area contributed by atoms with Gasteiger partial charge < -0.3 is 0 Å². The zero-order chi connectivity index (χ0) is 10.4. The van der Waals surface area contributed by atoms with Crippen LogP contribution in [0.5, 0.6) is 0 Å². The van der Waals surface area contributed by atoms with Gasteiger partial charge in [0.15, 0.2) is 0 Å². The van der Waals surface area contributed by atoms with Crippen LogP contribution in [-0.2, 0) is 0 Å². The van der Waals surface area contributed by atoms with Crippen molar-refractivity contribution in [2.45, 2.75) is 13.3 Å². The Hall–Kier alpha value is -1.30. The fraction of sp³-hybridized carbons (Fsp3) is 0.167. The van der Waals surface area contributed by atoms with Gasteiger partial charge in [-0.05, 0) is 30.7 Å². The average Bonchev–Trinajstić information content (AvgIpc) is 2.18. The topological polar surface area (TPSA) is 12.9 Å². The van der Waals surface area contributed by atoms with E-state index in [2.05, 4.69) is 24.2 Å². The van der Waals surface area contributed by atoms with Gasteiger partial charge in [-0.2, -0.15) is 0 Å². The lowest BCUT2D eigenvalue weighted by Crippen LogP contribution is -1.86. The van der Waals surface area contributed by atoms with Gasteiger partial charge in [-0.15, -0.1) is 5.73 Å². The summed E-state index contributed by atoms with van der Waals surface area (Å²) in [5.41, 5.74) is 4.57. The lowest BCUT2D eigenvalue weighted by molar-refractivity contribution is 1.22. The van der Waals surface area contributed by atoms with Gasteiger partial charge in [0.1, 0.15) is 5.15 Å². The van der Waals surface area contributed by atoms with E-state index in [4.69, 9.17) is 11.6 Å². The largest absolute Gasteiger partial charge is 0.236 e. The maximum atomic E-state index is 5.80. The minimum absolute atomic E-state index is 0.502. The van der Waals surface area contributed by atoms with Crippen LogP contribution < -0.4 is 0 Å². The van der Waals surface area contributed by atoms with E-state index in [0.717, 1.165) is 17.7 Å². The molecule has 1 aromatic heterocycles. The Morgan fingerprint density at radius 3 is 3.00 bits per heavy atom. The summed E-state index contributed by atoms with van der Waals surface area (Å²) in [6.07, 6.45) is 6.76. The fourth-order valence-corrected chi connectivity index (χ4v) is 1.21. The molecule has 0 aromatic carbocycles. The quantitative estimate of drug-likeness (QED) is 0.538. The molecular formula is C12H12ClN. The molecule has 2 heteroatoms. The first kappa shape index (κ1) is 10.8. The molecule has 0 spiro atoms. The molecule has 0 saturated carbocycles. The molecule has 1 nitrogen and oxygen atoms in total. The van der Waals surface area contributed by atoms with E-state index in [9.17, 15) is 0 Å². The molecule has 0 amide bonds. The van der Waals surface area contributed by atoms with Crippen molar-refractivity contribution >= 4 is 23.8 Å². The van der Waals surface area contributed by atoms with Crippen molar-refractivity contribution in [1.29, 1.82) is 0 Å². The molecule has 0 bridgehead atoms. The van der Waals surface area contributed by atoms with Crippen LogP contribution >= 0.6 is 11.6 Å². The Morgan fingerprint density at radius 1 is 1.57 bits per heavy atom. The van der Waals surface area contributed by atoms with Crippen molar-refractivity contribution in [2.75, 3.05) is 0 Å². The summed E-state index contributed by atoms with van der Waals surface area (Å²) in [7, 11) is 0. The van der Waals surface area contributed by atoms with E-state index in [-0.39, 0.29) is 0 Å². The minimum Gasteiger partial charge on any atom is -0.236 e. The van der Waals surface area contributed by atoms with E-state index in [0.29, 0.717) is 5.15 Å². The second kappa shape index (κ2) is 5.43. The van der Waals surface area contributed by atoms with Gasteiger partial charge in [-0.25, -0.2) is 4.98 Å². The van der Waals surface area contributed by atoms with E-state index < -0.39 is 0 Å². The predicted octanol–water partition coefficient (Wildman–Crippen LogP) is 3.96. The van der Waals surface area contributed by atoms with Gasteiger partial charge >= 0.3 is 0 Å². The zero-order valence-corrected chi connectivity index (χ0v) is 8.88. The van der Waals surface area contributed by atoms with Crippen LogP contribution in [0.3, 0.4) is 0 Å². The Bertz CT molecular complexity index is 387. The first-order valence-electron chi connectivity index (χ1n) is 4.47. The van der Waals surface area contributed by atoms with Crippen molar-refractivity contribution in [3.05, 3.63) is 46.9 Å². The number of allylic oxidation sites excluding steroid dienone is 1. The highest BCUT2D eigenvalue weighted by Gasteiger charge is 1.98. The van der Waals surface area contributed by atoms with Gasteiger partial charge in [0, 0.05) is 5.56 Å². The van der Waals surface area contributed by atoms with Gasteiger partial charge in [0.2, 0.25) is 0 Å². The number of aromatic nitrogens is 1. The molecule has 1 rings (SSSR count). The highest BCUT2D eigenvalue weighted by atomic mass is 35.5. The third kappa shape index (κ3) is 2.88. The van der Waals surface area contributed by atoms with Crippen molar-refractivity contribution in [2.24, 2.45) is 0 Å². The Kier molecular flexibility index (Phi) is 4.18. The van der Waals surface area contributed by atoms with Gasteiger partial charge in [-0.3, -0.25) is 0 Å². The molecule has 0 aliphatic rings. The van der Waals surface area contributed by atoms with Gasteiger partial charge in [0.25, 0.3) is 0 Å². The van der Waals surface area contributed by atoms with Crippen LogP contribution in [-0.4, -0.2) is 4.98 Å². The van der Waals surface area contributed by atoms with Crippen LogP contribution in [0.15, 0.2) is 30.5 Å². The number of hydrogen-bond acceptors (Lipinski definition) is 1. The maximum absolute atomic E-state index is 5.80. The molecule has 0 aliphatic carbocycles. The van der Waals surface area contributed by atoms with Gasteiger partial charge in [-0.1, -0.05) is 31.2 Å². The van der Waals surface area contributed by atoms with E-state index >= 15 is 0 Å². The molecule has 0 fully saturated rings. The summed E-state index contributed by atoms with van der Waals surface area (Å²) >= 11 is 5.80. The fourth-order valence-electron chi connectivity index (χ4n) is 1.06. The molecule has 0 aliphatic heterocycles. The summed E-state index contributed by atoms with van der Waals surface area (Å²) in [5.74, 6) is 0. The van der Waals surface area contributed by atoms with Gasteiger partial charge in [0.05, 0.1) is 5.69 Å². The van der Waals surface area contributed by atoms with Crippen LogP contribution in [0, 0.1) is 0 Å². The summed E-state index contributed by atoms with van der Waals surface area (Å²) in [4.78, 5) is 4.21. The highest BCUT2D eigenvalue weighted by Crippen LogP contribution is 2.14. The Balaban J connectivity index is 3.15. The number of hydrogen-bond donors (Lipinski definition) is 0. The zero-order valence-electron chi connectivity index (χ0n) is 8.13. The molecule has 0 N–H and O–H groups in total. The first-order chi connectivity index (χ1) is 6.77. The van der Waals surface area contributed by atoms with E-state index in [1.54, 1.807) is 12.1 Å². The number of pyridine rings is 1. The molecule has 72 valence electrons. The molecular weight excluding hydrogens is 194 g/mol. The molecule has 0 radical (unpaired) electrons. The predicted molar refractivity (Wildman–Crippen MR) is 62.2 cm³/mol. The van der Waals surface area contributed by atoms with Crippen LogP contribution in [0.25, 0.3) is 12.2 Å². The molecule has 0 unspecified atom stereocenters. The summed E-state index contributed by atoms with van der Waals surface area (Å²) in [6.45, 7) is 5.61. The second-order valence-electron chi connectivity index (χ2n) is 2.77. The lowest BCUT2D eigenvalue weighted by Gasteiger charge is -1.99. The number of halogens is 1. The molecule has 0 saturated heterocycles. The summed E-state index contributed by atoms with van der Waals surface area (Å²) < 4.78 is 0. The second-order valence-corrected chi connectivity index (χ2v) is 3.15. The van der Waals surface area contributed by atoms with E-state index in [1.807, 2.05) is 18.2 Å². The third-order valence-corrected chi connectivity index (χ3v) is 1.90. The van der Waals surface area contributed by atoms with Crippen LogP contribution in [0.2, 0.25) is 5.15 Å². The SMILES string of the molecule is C=C=Cc1ccc(Cl)nc1/C=C/CC. The summed E-state index contributed by atoms with van der Waals surface area (Å²) in [6, 6.07) is 3.66. The smallest absolute Gasteiger partial charge is 0.129 e. The van der Waals surface area contributed by atoms with Crippen LogP contribution in [0.4, 0.5) is 0 Å². The van der Waals surface area contributed by atoms with Crippen molar-refractivity contribution in [1.82, 2.24) is 4.98 Å². The first-order valence-corrected chi connectivity index (χ1v) is 4.84. The lowest BCUT2D eigenvalue weighted by atomic mass is 10.1. The standard InChI is InChI=1S/C12H12ClN/c1-3-5-7-11-10(6-4-2)8-9-12(13)14-11/h5-9H,2-3H2,1H3/b7-5+. The Morgan fingerprint density at radius 2 is 2.36 bits per heavy atom. The maximum Gasteiger partial charge on any atom is 0.129 e. The summed E-state index contributed by atoms with van der Waals surface area (Å²) in [5, 5.41) is 0.502.